The number of aromatic nitrogens is 1. The van der Waals surface area contributed by atoms with Crippen molar-refractivity contribution in [3.8, 4) is 5.75 Å². The maximum Gasteiger partial charge on any atom is 0.257 e. The van der Waals surface area contributed by atoms with E-state index in [1.807, 2.05) is 26.0 Å². The molecule has 0 aliphatic rings. The third kappa shape index (κ3) is 4.71. The third-order valence-corrected chi connectivity index (χ3v) is 2.38. The van der Waals surface area contributed by atoms with Crippen LogP contribution in [0.4, 0.5) is 0 Å². The van der Waals surface area contributed by atoms with Gasteiger partial charge in [-0.1, -0.05) is 6.92 Å². The van der Waals surface area contributed by atoms with Crippen LogP contribution in [0.3, 0.4) is 0 Å². The Hall–Kier alpha value is -1.62. The summed E-state index contributed by atoms with van der Waals surface area (Å²) in [5.74, 6) is 0.522. The van der Waals surface area contributed by atoms with Gasteiger partial charge in [0.1, 0.15) is 5.75 Å². The summed E-state index contributed by atoms with van der Waals surface area (Å²) in [6.45, 7) is 5.11. The van der Waals surface area contributed by atoms with Crippen LogP contribution in [0, 0.1) is 6.92 Å². The first-order chi connectivity index (χ1) is 8.67. The number of hydrogen-bond acceptors (Lipinski definition) is 4. The molecule has 0 aliphatic heterocycles. The highest BCUT2D eigenvalue weighted by Gasteiger charge is 2.07. The largest absolute Gasteiger partial charge is 0.482 e. The lowest BCUT2D eigenvalue weighted by molar-refractivity contribution is -0.123. The van der Waals surface area contributed by atoms with E-state index in [1.165, 1.54) is 0 Å². The summed E-state index contributed by atoms with van der Waals surface area (Å²) in [5.41, 5.74) is 7.25. The van der Waals surface area contributed by atoms with Crippen molar-refractivity contribution in [1.29, 1.82) is 0 Å². The predicted molar refractivity (Wildman–Crippen MR) is 70.5 cm³/mol. The van der Waals surface area contributed by atoms with Gasteiger partial charge in [0.15, 0.2) is 6.61 Å². The van der Waals surface area contributed by atoms with Gasteiger partial charge >= 0.3 is 0 Å². The van der Waals surface area contributed by atoms with Gasteiger partial charge in [-0.05, 0) is 32.0 Å². The number of nitrogens with two attached hydrogens (primary N) is 1. The number of aryl methyl sites for hydroxylation is 1. The Kier molecular flexibility index (Phi) is 6.14. The number of carbonyl (C=O) groups excluding carboxylic acids is 1. The molecule has 0 bridgehead atoms. The quantitative estimate of drug-likeness (QED) is 0.751. The molecule has 1 rings (SSSR count). The van der Waals surface area contributed by atoms with Crippen LogP contribution in [-0.4, -0.2) is 30.6 Å². The summed E-state index contributed by atoms with van der Waals surface area (Å²) in [6, 6.07) is 3.69. The molecule has 5 heteroatoms. The number of rotatable bonds is 7. The molecule has 0 radical (unpaired) electrons. The van der Waals surface area contributed by atoms with Crippen molar-refractivity contribution in [3.05, 3.63) is 23.5 Å². The fraction of sp³-hybridized carbons (Fsp3) is 0.538. The Balaban J connectivity index is 2.58. The lowest BCUT2D eigenvalue weighted by Crippen LogP contribution is -2.29. The maximum absolute atomic E-state index is 11.4. The number of pyridine rings is 1. The van der Waals surface area contributed by atoms with Gasteiger partial charge < -0.3 is 15.8 Å². The first-order valence-corrected chi connectivity index (χ1v) is 6.23. The number of nitrogens with zero attached hydrogens (tertiary/aromatic N) is 1. The van der Waals surface area contributed by atoms with Gasteiger partial charge in [0.2, 0.25) is 0 Å². The van der Waals surface area contributed by atoms with Crippen molar-refractivity contribution < 1.29 is 9.53 Å². The van der Waals surface area contributed by atoms with Crippen LogP contribution < -0.4 is 15.8 Å². The van der Waals surface area contributed by atoms with E-state index in [9.17, 15) is 4.79 Å². The van der Waals surface area contributed by atoms with Crippen molar-refractivity contribution >= 4 is 5.91 Å². The van der Waals surface area contributed by atoms with Crippen LogP contribution in [0.15, 0.2) is 12.1 Å². The van der Waals surface area contributed by atoms with Crippen LogP contribution in [0.5, 0.6) is 5.75 Å². The van der Waals surface area contributed by atoms with Gasteiger partial charge in [0.05, 0.1) is 5.69 Å². The maximum atomic E-state index is 11.4. The fourth-order valence-corrected chi connectivity index (χ4v) is 1.50. The average Bonchev–Trinajstić information content (AvgIpc) is 2.36. The average molecular weight is 251 g/mol. The number of carbonyl (C=O) groups is 1. The molecule has 0 aromatic carbocycles. The van der Waals surface area contributed by atoms with Gasteiger partial charge in [-0.3, -0.25) is 9.78 Å². The molecule has 0 unspecified atom stereocenters. The lowest BCUT2D eigenvalue weighted by Gasteiger charge is -2.11. The zero-order valence-electron chi connectivity index (χ0n) is 11.0. The van der Waals surface area contributed by atoms with Crippen LogP contribution in [0.1, 0.15) is 24.7 Å². The van der Waals surface area contributed by atoms with Gasteiger partial charge in [-0.2, -0.15) is 0 Å². The van der Waals surface area contributed by atoms with Gasteiger partial charge in [0.25, 0.3) is 5.91 Å². The highest BCUT2D eigenvalue weighted by Crippen LogP contribution is 2.17. The number of ether oxygens (including phenoxy) is 1. The molecule has 0 atom stereocenters. The molecule has 0 aliphatic carbocycles. The molecule has 1 aromatic heterocycles. The van der Waals surface area contributed by atoms with Crippen molar-refractivity contribution in [2.75, 3.05) is 19.7 Å². The predicted octanol–water partition coefficient (Wildman–Crippen LogP) is 0.796. The SMILES string of the molecule is CCCNC(=O)COc1ccc(C)nc1CCN. The molecule has 0 saturated heterocycles. The second-order valence-corrected chi connectivity index (χ2v) is 4.07. The van der Waals surface area contributed by atoms with Crippen molar-refractivity contribution in [1.82, 2.24) is 10.3 Å². The second kappa shape index (κ2) is 7.66. The second-order valence-electron chi connectivity index (χ2n) is 4.07. The number of amides is 1. The minimum atomic E-state index is -0.115. The minimum Gasteiger partial charge on any atom is -0.482 e. The van der Waals surface area contributed by atoms with Crippen LogP contribution in [0.25, 0.3) is 0 Å². The molecule has 1 amide bonds. The first-order valence-electron chi connectivity index (χ1n) is 6.23. The Labute approximate surface area is 108 Å². The summed E-state index contributed by atoms with van der Waals surface area (Å²) in [6.07, 6.45) is 1.56. The summed E-state index contributed by atoms with van der Waals surface area (Å²) >= 11 is 0. The zero-order valence-corrected chi connectivity index (χ0v) is 11.0. The van der Waals surface area contributed by atoms with Crippen LogP contribution in [-0.2, 0) is 11.2 Å². The van der Waals surface area contributed by atoms with E-state index in [1.54, 1.807) is 0 Å². The molecular formula is C13H21N3O2. The summed E-state index contributed by atoms with van der Waals surface area (Å²) in [4.78, 5) is 15.8. The number of nitrogens with one attached hydrogen (secondary N) is 1. The lowest BCUT2D eigenvalue weighted by atomic mass is 10.2. The fourth-order valence-electron chi connectivity index (χ4n) is 1.50. The topological polar surface area (TPSA) is 77.2 Å². The van der Waals surface area contributed by atoms with E-state index in [2.05, 4.69) is 10.3 Å². The molecule has 1 aromatic rings. The molecule has 100 valence electrons. The van der Waals surface area contributed by atoms with Crippen molar-refractivity contribution in [2.45, 2.75) is 26.7 Å². The standard InChI is InChI=1S/C13H21N3O2/c1-3-8-15-13(17)9-18-12-5-4-10(2)16-11(12)6-7-14/h4-5H,3,6-9,14H2,1-2H3,(H,15,17). The van der Waals surface area contributed by atoms with E-state index >= 15 is 0 Å². The van der Waals surface area contributed by atoms with Crippen molar-refractivity contribution in [2.24, 2.45) is 5.73 Å². The highest BCUT2D eigenvalue weighted by molar-refractivity contribution is 5.77. The molecular weight excluding hydrogens is 230 g/mol. The van der Waals surface area contributed by atoms with Crippen molar-refractivity contribution in [3.63, 3.8) is 0 Å². The van der Waals surface area contributed by atoms with Gasteiger partial charge in [0, 0.05) is 18.7 Å². The Morgan fingerprint density at radius 2 is 2.28 bits per heavy atom. The molecule has 3 N–H and O–H groups in total. The summed E-state index contributed by atoms with van der Waals surface area (Å²) in [7, 11) is 0. The van der Waals surface area contributed by atoms with E-state index in [4.69, 9.17) is 10.5 Å². The minimum absolute atomic E-state index is 0.0162. The van der Waals surface area contributed by atoms with Gasteiger partial charge in [-0.15, -0.1) is 0 Å². The Bertz CT molecular complexity index is 394. The molecule has 0 spiro atoms. The smallest absolute Gasteiger partial charge is 0.257 e. The molecule has 5 nitrogen and oxygen atoms in total. The number of hydrogen-bond donors (Lipinski definition) is 2. The van der Waals surface area contributed by atoms with E-state index in [0.29, 0.717) is 25.3 Å². The zero-order chi connectivity index (χ0) is 13.4. The Morgan fingerprint density at radius 1 is 1.50 bits per heavy atom. The Morgan fingerprint density at radius 3 is 2.94 bits per heavy atom. The monoisotopic (exact) mass is 251 g/mol. The van der Waals surface area contributed by atoms with E-state index < -0.39 is 0 Å². The molecule has 0 saturated carbocycles. The highest BCUT2D eigenvalue weighted by atomic mass is 16.5. The summed E-state index contributed by atoms with van der Waals surface area (Å²) < 4.78 is 5.47. The normalized spacial score (nSPS) is 10.2. The summed E-state index contributed by atoms with van der Waals surface area (Å²) in [5, 5.41) is 2.76. The molecule has 18 heavy (non-hydrogen) atoms. The van der Waals surface area contributed by atoms with E-state index in [-0.39, 0.29) is 12.5 Å². The van der Waals surface area contributed by atoms with Crippen LogP contribution in [0.2, 0.25) is 0 Å². The van der Waals surface area contributed by atoms with Crippen LogP contribution >= 0.6 is 0 Å². The molecule has 1 heterocycles. The van der Waals surface area contributed by atoms with Gasteiger partial charge in [-0.25, -0.2) is 0 Å². The third-order valence-electron chi connectivity index (χ3n) is 2.38. The first kappa shape index (κ1) is 14.4. The van der Waals surface area contributed by atoms with E-state index in [0.717, 1.165) is 17.8 Å². The molecule has 0 fully saturated rings.